The van der Waals surface area contributed by atoms with Crippen molar-refractivity contribution in [2.45, 2.75) is 45.6 Å². The minimum Gasteiger partial charge on any atom is -0.448 e. The van der Waals surface area contributed by atoms with Crippen molar-refractivity contribution in [3.05, 3.63) is 74.4 Å². The number of carbonyl (C=O) groups excluding carboxylic acids is 1. The number of rotatable bonds is 7. The molecule has 1 atom stereocenters. The number of nitrogens with one attached hydrogen (secondary N) is 2. The maximum Gasteiger partial charge on any atom is 0.285 e. The van der Waals surface area contributed by atoms with Gasteiger partial charge in [-0.05, 0) is 57.4 Å². The summed E-state index contributed by atoms with van der Waals surface area (Å²) < 4.78 is 32.5. The number of oxazole rings is 1. The van der Waals surface area contributed by atoms with Crippen LogP contribution in [-0.2, 0) is 17.1 Å². The molecule has 1 aliphatic rings. The Morgan fingerprint density at radius 3 is 2.50 bits per heavy atom. The molecule has 0 radical (unpaired) electrons. The highest BCUT2D eigenvalue weighted by atomic mass is 35.5. The molecule has 0 aliphatic carbocycles. The molecule has 222 valence electrons. The van der Waals surface area contributed by atoms with E-state index in [2.05, 4.69) is 20.2 Å². The van der Waals surface area contributed by atoms with E-state index in [0.29, 0.717) is 29.9 Å². The number of pyridine rings is 1. The summed E-state index contributed by atoms with van der Waals surface area (Å²) >= 11 is 6.02. The molecule has 14 heteroatoms. The van der Waals surface area contributed by atoms with Crippen LogP contribution in [0.15, 0.2) is 39.7 Å². The molecule has 2 N–H and O–H groups in total. The molecule has 1 aromatic carbocycles. The van der Waals surface area contributed by atoms with Gasteiger partial charge in [0, 0.05) is 31.6 Å². The summed E-state index contributed by atoms with van der Waals surface area (Å²) in [5.41, 5.74) is 2.92. The third-order valence-corrected chi connectivity index (χ3v) is 8.05. The molecule has 0 bridgehead atoms. The molecular weight excluding hydrogens is 582 g/mol. The van der Waals surface area contributed by atoms with Crippen molar-refractivity contribution in [3.8, 4) is 0 Å². The van der Waals surface area contributed by atoms with Crippen molar-refractivity contribution >= 4 is 50.1 Å². The van der Waals surface area contributed by atoms with Crippen LogP contribution >= 0.6 is 11.6 Å². The maximum atomic E-state index is 13.6. The van der Waals surface area contributed by atoms with Crippen LogP contribution in [0.4, 0.5) is 11.6 Å². The molecular formula is C28H32ClN7O5S. The summed E-state index contributed by atoms with van der Waals surface area (Å²) in [6.45, 7) is 7.03. The molecule has 12 nitrogen and oxygen atoms in total. The topological polar surface area (TPSA) is 152 Å². The lowest BCUT2D eigenvalue weighted by Gasteiger charge is -2.32. The number of aromatic nitrogens is 4. The van der Waals surface area contributed by atoms with Crippen molar-refractivity contribution in [2.75, 3.05) is 29.6 Å². The highest BCUT2D eigenvalue weighted by molar-refractivity contribution is 7.89. The van der Waals surface area contributed by atoms with Gasteiger partial charge in [0.2, 0.25) is 16.0 Å². The van der Waals surface area contributed by atoms with Crippen LogP contribution in [0.2, 0.25) is 5.15 Å². The molecule has 0 unspecified atom stereocenters. The molecule has 4 heterocycles. The van der Waals surface area contributed by atoms with Crippen molar-refractivity contribution in [2.24, 2.45) is 7.05 Å². The molecule has 0 spiro atoms. The molecule has 1 fully saturated rings. The van der Waals surface area contributed by atoms with Gasteiger partial charge < -0.3 is 14.6 Å². The second-order valence-electron chi connectivity index (χ2n) is 10.7. The Bertz CT molecular complexity index is 1850. The molecule has 1 aliphatic heterocycles. The number of fused-ring (bicyclic) bond motifs is 1. The first-order valence-electron chi connectivity index (χ1n) is 13.4. The summed E-state index contributed by atoms with van der Waals surface area (Å²) in [6, 6.07) is 6.35. The number of amides is 1. The molecule has 0 saturated carbocycles. The summed E-state index contributed by atoms with van der Waals surface area (Å²) in [4.78, 5) is 42.0. The zero-order valence-electron chi connectivity index (χ0n) is 23.9. The monoisotopic (exact) mass is 613 g/mol. The van der Waals surface area contributed by atoms with Crippen LogP contribution in [0, 0.1) is 13.8 Å². The maximum absolute atomic E-state index is 13.6. The Balaban J connectivity index is 1.49. The highest BCUT2D eigenvalue weighted by Crippen LogP contribution is 2.32. The van der Waals surface area contributed by atoms with E-state index in [1.165, 1.54) is 6.07 Å². The fourth-order valence-corrected chi connectivity index (χ4v) is 5.87. The quantitative estimate of drug-likeness (QED) is 0.294. The van der Waals surface area contributed by atoms with Crippen LogP contribution < -0.4 is 20.5 Å². The van der Waals surface area contributed by atoms with Crippen LogP contribution in [-0.4, -0.2) is 53.2 Å². The van der Waals surface area contributed by atoms with Crippen LogP contribution in [0.3, 0.4) is 0 Å². The number of hydrogen-bond acceptors (Lipinski definition) is 10. The van der Waals surface area contributed by atoms with E-state index in [4.69, 9.17) is 21.0 Å². The zero-order chi connectivity index (χ0) is 30.3. The number of piperidine rings is 1. The third kappa shape index (κ3) is 6.12. The molecule has 4 aromatic rings. The molecule has 42 heavy (non-hydrogen) atoms. The van der Waals surface area contributed by atoms with E-state index in [1.54, 1.807) is 23.9 Å². The van der Waals surface area contributed by atoms with E-state index in [1.807, 2.05) is 37.6 Å². The normalized spacial score (nSPS) is 15.1. The first-order valence-corrected chi connectivity index (χ1v) is 15.7. The first kappa shape index (κ1) is 29.5. The van der Waals surface area contributed by atoms with Gasteiger partial charge in [-0.25, -0.2) is 28.1 Å². The van der Waals surface area contributed by atoms with Gasteiger partial charge in [0.15, 0.2) is 11.6 Å². The summed E-state index contributed by atoms with van der Waals surface area (Å²) in [7, 11) is -2.10. The molecule has 1 amide bonds. The van der Waals surface area contributed by atoms with Gasteiger partial charge in [0.05, 0.1) is 34.6 Å². The second kappa shape index (κ2) is 11.4. The Hall–Kier alpha value is -3.97. The van der Waals surface area contributed by atoms with Crippen LogP contribution in [0.1, 0.15) is 64.9 Å². The number of anilines is 2. The number of aryl methyl sites for hydroxylation is 2. The van der Waals surface area contributed by atoms with E-state index in [9.17, 15) is 18.0 Å². The predicted molar refractivity (Wildman–Crippen MR) is 161 cm³/mol. The van der Waals surface area contributed by atoms with Crippen LogP contribution in [0.5, 0.6) is 0 Å². The number of hydrogen-bond donors (Lipinski definition) is 2. The third-order valence-electron chi connectivity index (χ3n) is 7.29. The molecule has 1 saturated heterocycles. The number of halogens is 1. The largest absolute Gasteiger partial charge is 0.448 e. The van der Waals surface area contributed by atoms with Gasteiger partial charge >= 0.3 is 0 Å². The standard InChI is InChI=1S/C28H32ClN7O5S/c1-15-12-19(17(3)31-21-6-7-22(29)32-24(21)25(37)34-42(5,39)40)23-20(13-15)27(38)35(4)28(33-23)36-10-8-18(9-11-36)26-30-16(2)14-41-26/h6-7,12-14,17-18,31H,8-11H2,1-5H3,(H,34,37)/t17-/m1/s1. The molecule has 3 aromatic heterocycles. The summed E-state index contributed by atoms with van der Waals surface area (Å²) in [5, 5.41) is 3.75. The Kier molecular flexibility index (Phi) is 7.99. The van der Waals surface area contributed by atoms with E-state index >= 15 is 0 Å². The van der Waals surface area contributed by atoms with Crippen molar-refractivity contribution < 1.29 is 17.6 Å². The smallest absolute Gasteiger partial charge is 0.285 e. The van der Waals surface area contributed by atoms with Gasteiger partial charge in [-0.2, -0.15) is 0 Å². The lowest BCUT2D eigenvalue weighted by molar-refractivity contribution is 0.0977. The van der Waals surface area contributed by atoms with Gasteiger partial charge in [0.25, 0.3) is 11.5 Å². The average Bonchev–Trinajstić information content (AvgIpc) is 3.37. The van der Waals surface area contributed by atoms with Gasteiger partial charge in [0.1, 0.15) is 11.4 Å². The van der Waals surface area contributed by atoms with Gasteiger partial charge in [-0.15, -0.1) is 0 Å². The lowest BCUT2D eigenvalue weighted by atomic mass is 9.97. The predicted octanol–water partition coefficient (Wildman–Crippen LogP) is 3.83. The van der Waals surface area contributed by atoms with Crippen molar-refractivity contribution in [1.82, 2.24) is 24.2 Å². The van der Waals surface area contributed by atoms with Crippen molar-refractivity contribution in [3.63, 3.8) is 0 Å². The zero-order valence-corrected chi connectivity index (χ0v) is 25.5. The summed E-state index contributed by atoms with van der Waals surface area (Å²) in [6.07, 6.45) is 4.17. The molecule has 5 rings (SSSR count). The van der Waals surface area contributed by atoms with Crippen molar-refractivity contribution in [1.29, 1.82) is 0 Å². The van der Waals surface area contributed by atoms with E-state index in [-0.39, 0.29) is 28.0 Å². The van der Waals surface area contributed by atoms with E-state index < -0.39 is 22.0 Å². The highest BCUT2D eigenvalue weighted by Gasteiger charge is 2.27. The average molecular weight is 614 g/mol. The Labute approximate surface area is 248 Å². The minimum atomic E-state index is -3.83. The first-order chi connectivity index (χ1) is 19.8. The SMILES string of the molecule is Cc1cc([C@@H](C)Nc2ccc(Cl)nc2C(=O)NS(C)(=O)=O)c2nc(N3CCC(c4nc(C)co4)CC3)n(C)c(=O)c2c1. The number of carbonyl (C=O) groups is 1. The number of benzene rings is 1. The Morgan fingerprint density at radius 1 is 1.14 bits per heavy atom. The second-order valence-corrected chi connectivity index (χ2v) is 12.8. The van der Waals surface area contributed by atoms with E-state index in [0.717, 1.165) is 41.8 Å². The summed E-state index contributed by atoms with van der Waals surface area (Å²) in [5.74, 6) is 0.595. The Morgan fingerprint density at radius 2 is 1.86 bits per heavy atom. The lowest BCUT2D eigenvalue weighted by Crippen LogP contribution is -2.37. The van der Waals surface area contributed by atoms with Gasteiger partial charge in [-0.3, -0.25) is 14.2 Å². The number of nitrogens with zero attached hydrogens (tertiary/aromatic N) is 5. The fraction of sp³-hybridized carbons (Fsp3) is 0.393. The minimum absolute atomic E-state index is 0.0319. The number of sulfonamides is 1. The fourth-order valence-electron chi connectivity index (χ4n) is 5.29. The van der Waals surface area contributed by atoms with Crippen LogP contribution in [0.25, 0.3) is 10.9 Å². The van der Waals surface area contributed by atoms with Gasteiger partial charge in [-0.1, -0.05) is 17.7 Å².